The van der Waals surface area contributed by atoms with Gasteiger partial charge in [-0.25, -0.2) is 10.1 Å². The second kappa shape index (κ2) is 9.64. The number of rotatable bonds is 9. The van der Waals surface area contributed by atoms with E-state index in [2.05, 4.69) is 26.0 Å². The van der Waals surface area contributed by atoms with Crippen molar-refractivity contribution < 1.29 is 13.9 Å². The number of nitrogens with zero attached hydrogens (tertiary/aromatic N) is 4. The lowest BCUT2D eigenvalue weighted by molar-refractivity contribution is -0.118. The Morgan fingerprint density at radius 3 is 2.79 bits per heavy atom. The molecule has 0 saturated carbocycles. The highest BCUT2D eigenvalue weighted by atomic mass is 32.2. The molecule has 0 aliphatic heterocycles. The Labute approximate surface area is 171 Å². The molecule has 0 unspecified atom stereocenters. The molecule has 0 saturated heterocycles. The first-order valence-electron chi connectivity index (χ1n) is 8.64. The van der Waals surface area contributed by atoms with Gasteiger partial charge >= 0.3 is 0 Å². The quantitative estimate of drug-likeness (QED) is 0.209. The summed E-state index contributed by atoms with van der Waals surface area (Å²) in [5, 5.41) is 15.3. The van der Waals surface area contributed by atoms with Crippen LogP contribution in [-0.4, -0.2) is 39.4 Å². The molecule has 4 N–H and O–H groups in total. The topological polar surface area (TPSA) is 133 Å². The standard InChI is InChI=1S/C18H21N7O3S/c1-12(13-5-7-14(27-2)8-6-13)21-22-17-23-24-18(25(17)19)29-11-16(26)20-10-15-4-3-9-28-15/h3-9H,10-11,19H2,1-2H3,(H,20,26)(H,22,23)/b21-12+. The average Bonchev–Trinajstić information content (AvgIpc) is 3.39. The maximum atomic E-state index is 11.9. The van der Waals surface area contributed by atoms with Gasteiger partial charge in [-0.3, -0.25) is 4.79 Å². The summed E-state index contributed by atoms with van der Waals surface area (Å²) in [6, 6.07) is 11.1. The van der Waals surface area contributed by atoms with E-state index in [4.69, 9.17) is 15.0 Å². The Hall–Kier alpha value is -3.47. The molecule has 11 heteroatoms. The van der Waals surface area contributed by atoms with Crippen molar-refractivity contribution in [2.75, 3.05) is 24.1 Å². The molecule has 152 valence electrons. The van der Waals surface area contributed by atoms with E-state index < -0.39 is 0 Å². The molecule has 1 aromatic carbocycles. The maximum absolute atomic E-state index is 11.9. The molecule has 0 fully saturated rings. The van der Waals surface area contributed by atoms with Gasteiger partial charge in [0.25, 0.3) is 5.95 Å². The van der Waals surface area contributed by atoms with Gasteiger partial charge < -0.3 is 20.3 Å². The zero-order valence-electron chi connectivity index (χ0n) is 16.0. The van der Waals surface area contributed by atoms with Crippen molar-refractivity contribution in [2.45, 2.75) is 18.6 Å². The molecule has 2 aromatic heterocycles. The van der Waals surface area contributed by atoms with E-state index in [9.17, 15) is 4.79 Å². The van der Waals surface area contributed by atoms with Gasteiger partial charge in [0.1, 0.15) is 11.5 Å². The number of hydrogen-bond acceptors (Lipinski definition) is 9. The molecule has 0 bridgehead atoms. The van der Waals surface area contributed by atoms with Crippen molar-refractivity contribution in [3.63, 3.8) is 0 Å². The first kappa shape index (κ1) is 20.3. The lowest BCUT2D eigenvalue weighted by atomic mass is 10.1. The van der Waals surface area contributed by atoms with Crippen molar-refractivity contribution in [1.29, 1.82) is 0 Å². The molecule has 0 radical (unpaired) electrons. The van der Waals surface area contributed by atoms with Gasteiger partial charge in [-0.2, -0.15) is 5.10 Å². The molecule has 3 rings (SSSR count). The molecule has 3 aromatic rings. The van der Waals surface area contributed by atoms with E-state index in [1.54, 1.807) is 25.5 Å². The summed E-state index contributed by atoms with van der Waals surface area (Å²) >= 11 is 1.17. The van der Waals surface area contributed by atoms with Crippen LogP contribution in [0, 0.1) is 0 Å². The van der Waals surface area contributed by atoms with E-state index in [0.29, 0.717) is 17.5 Å². The molecule has 1 amide bonds. The average molecular weight is 415 g/mol. The summed E-state index contributed by atoms with van der Waals surface area (Å²) < 4.78 is 11.6. The van der Waals surface area contributed by atoms with E-state index in [1.165, 1.54) is 16.4 Å². The number of anilines is 1. The molecular weight excluding hydrogens is 394 g/mol. The Kier molecular flexibility index (Phi) is 6.74. The highest BCUT2D eigenvalue weighted by Crippen LogP contribution is 2.17. The summed E-state index contributed by atoms with van der Waals surface area (Å²) in [7, 11) is 1.61. The monoisotopic (exact) mass is 415 g/mol. The van der Waals surface area contributed by atoms with Crippen LogP contribution in [0.4, 0.5) is 5.95 Å². The fraction of sp³-hybridized carbons (Fsp3) is 0.222. The van der Waals surface area contributed by atoms with Gasteiger partial charge in [0.2, 0.25) is 11.1 Å². The number of aromatic nitrogens is 3. The van der Waals surface area contributed by atoms with Gasteiger partial charge in [0.15, 0.2) is 0 Å². The molecule has 29 heavy (non-hydrogen) atoms. The first-order chi connectivity index (χ1) is 14.1. The zero-order chi connectivity index (χ0) is 20.6. The van der Waals surface area contributed by atoms with Crippen LogP contribution in [0.3, 0.4) is 0 Å². The largest absolute Gasteiger partial charge is 0.497 e. The molecular formula is C18H21N7O3S. The molecule has 2 heterocycles. The third kappa shape index (κ3) is 5.51. The Morgan fingerprint density at radius 1 is 1.31 bits per heavy atom. The number of nitrogen functional groups attached to an aromatic ring is 1. The van der Waals surface area contributed by atoms with Crippen molar-refractivity contribution >= 4 is 29.3 Å². The number of carbonyl (C=O) groups excluding carboxylic acids is 1. The number of methoxy groups -OCH3 is 1. The predicted octanol–water partition coefficient (Wildman–Crippen LogP) is 1.84. The Bertz CT molecular complexity index is 968. The normalized spacial score (nSPS) is 11.3. The minimum absolute atomic E-state index is 0.143. The third-order valence-corrected chi connectivity index (χ3v) is 4.81. The van der Waals surface area contributed by atoms with Crippen LogP contribution in [0.5, 0.6) is 5.75 Å². The number of amides is 1. The number of thioether (sulfide) groups is 1. The van der Waals surface area contributed by atoms with Crippen LogP contribution in [0.2, 0.25) is 0 Å². The minimum atomic E-state index is -0.169. The summed E-state index contributed by atoms with van der Waals surface area (Å²) in [4.78, 5) is 11.9. The van der Waals surface area contributed by atoms with Gasteiger partial charge in [0.05, 0.1) is 31.4 Å². The number of hydrazone groups is 1. The lowest BCUT2D eigenvalue weighted by Gasteiger charge is -2.05. The summed E-state index contributed by atoms with van der Waals surface area (Å²) in [6.45, 7) is 2.18. The summed E-state index contributed by atoms with van der Waals surface area (Å²) in [5.41, 5.74) is 4.44. The first-order valence-corrected chi connectivity index (χ1v) is 9.62. The maximum Gasteiger partial charge on any atom is 0.264 e. The Balaban J connectivity index is 1.52. The fourth-order valence-corrected chi connectivity index (χ4v) is 2.95. The number of benzene rings is 1. The zero-order valence-corrected chi connectivity index (χ0v) is 16.8. The third-order valence-electron chi connectivity index (χ3n) is 3.87. The minimum Gasteiger partial charge on any atom is -0.497 e. The molecule has 0 aliphatic carbocycles. The van der Waals surface area contributed by atoms with Crippen molar-refractivity contribution in [1.82, 2.24) is 20.2 Å². The second-order valence-electron chi connectivity index (χ2n) is 5.86. The molecule has 0 aliphatic rings. The van der Waals surface area contributed by atoms with Crippen molar-refractivity contribution in [2.24, 2.45) is 5.10 Å². The van der Waals surface area contributed by atoms with Crippen LogP contribution >= 0.6 is 11.8 Å². The van der Waals surface area contributed by atoms with Crippen LogP contribution in [0.15, 0.2) is 57.3 Å². The van der Waals surface area contributed by atoms with Crippen LogP contribution < -0.4 is 21.3 Å². The van der Waals surface area contributed by atoms with Crippen molar-refractivity contribution in [3.8, 4) is 5.75 Å². The van der Waals surface area contributed by atoms with Crippen LogP contribution in [0.25, 0.3) is 0 Å². The predicted molar refractivity (Wildman–Crippen MR) is 110 cm³/mol. The van der Waals surface area contributed by atoms with Gasteiger partial charge in [0, 0.05) is 0 Å². The van der Waals surface area contributed by atoms with E-state index >= 15 is 0 Å². The number of nitrogens with one attached hydrogen (secondary N) is 2. The van der Waals surface area contributed by atoms with E-state index in [1.807, 2.05) is 31.2 Å². The second-order valence-corrected chi connectivity index (χ2v) is 6.80. The SMILES string of the molecule is COc1ccc(/C(C)=N/Nc2nnc(SCC(=O)NCc3ccco3)n2N)cc1. The van der Waals surface area contributed by atoms with E-state index in [-0.39, 0.29) is 17.6 Å². The summed E-state index contributed by atoms with van der Waals surface area (Å²) in [6.07, 6.45) is 1.56. The lowest BCUT2D eigenvalue weighted by Crippen LogP contribution is -2.24. The van der Waals surface area contributed by atoms with E-state index in [0.717, 1.165) is 17.0 Å². The highest BCUT2D eigenvalue weighted by Gasteiger charge is 2.12. The van der Waals surface area contributed by atoms with Gasteiger partial charge in [-0.15, -0.1) is 10.2 Å². The fourth-order valence-electron chi connectivity index (χ4n) is 2.26. The molecule has 0 atom stereocenters. The van der Waals surface area contributed by atoms with Gasteiger partial charge in [-0.05, 0) is 48.9 Å². The number of ether oxygens (including phenoxy) is 1. The van der Waals surface area contributed by atoms with Crippen molar-refractivity contribution in [3.05, 3.63) is 54.0 Å². The van der Waals surface area contributed by atoms with Crippen LogP contribution in [0.1, 0.15) is 18.2 Å². The number of furan rings is 1. The number of hydrogen-bond donors (Lipinski definition) is 3. The smallest absolute Gasteiger partial charge is 0.264 e. The Morgan fingerprint density at radius 2 is 2.10 bits per heavy atom. The molecule has 0 spiro atoms. The highest BCUT2D eigenvalue weighted by molar-refractivity contribution is 7.99. The van der Waals surface area contributed by atoms with Gasteiger partial charge in [-0.1, -0.05) is 11.8 Å². The number of nitrogens with two attached hydrogens (primary N) is 1. The number of carbonyl (C=O) groups is 1. The molecule has 10 nitrogen and oxygen atoms in total. The summed E-state index contributed by atoms with van der Waals surface area (Å²) in [5.74, 6) is 7.67. The van der Waals surface area contributed by atoms with Crippen LogP contribution in [-0.2, 0) is 11.3 Å².